The number of anilines is 1. The third kappa shape index (κ3) is 12.5. The Balaban J connectivity index is 0.00000676. The first-order chi connectivity index (χ1) is 12.1. The second-order valence-electron chi connectivity index (χ2n) is 4.70. The van der Waals surface area contributed by atoms with E-state index in [0.717, 1.165) is 0 Å². The van der Waals surface area contributed by atoms with E-state index in [4.69, 9.17) is 9.11 Å². The predicted octanol–water partition coefficient (Wildman–Crippen LogP) is -3.18. The van der Waals surface area contributed by atoms with Gasteiger partial charge in [-0.25, -0.2) is 0 Å². The smallest absolute Gasteiger partial charge is 0.459 e. The van der Waals surface area contributed by atoms with Crippen LogP contribution in [0, 0.1) is 6.67 Å². The molecule has 1 rings (SSSR count). The molecule has 0 saturated heterocycles. The van der Waals surface area contributed by atoms with Crippen LogP contribution in [0.1, 0.15) is 6.92 Å². The Morgan fingerprint density at radius 2 is 1.81 bits per heavy atom. The first-order valence-electron chi connectivity index (χ1n) is 7.23. The van der Waals surface area contributed by atoms with Gasteiger partial charge in [0, 0.05) is 12.2 Å². The Labute approximate surface area is 201 Å². The van der Waals surface area contributed by atoms with Crippen molar-refractivity contribution >= 4 is 38.2 Å². The molecular weight excluding hydrogens is 425 g/mol. The van der Waals surface area contributed by atoms with Crippen molar-refractivity contribution in [3.63, 3.8) is 0 Å². The molecule has 0 aliphatic carbocycles. The van der Waals surface area contributed by atoms with E-state index < -0.39 is 26.0 Å². The van der Waals surface area contributed by atoms with Crippen LogP contribution in [-0.2, 0) is 20.2 Å². The van der Waals surface area contributed by atoms with Crippen molar-refractivity contribution < 1.29 is 77.3 Å². The van der Waals surface area contributed by atoms with Gasteiger partial charge in [-0.05, 0) is 37.7 Å². The molecule has 27 heavy (non-hydrogen) atoms. The van der Waals surface area contributed by atoms with E-state index in [1.165, 1.54) is 30.9 Å². The van der Waals surface area contributed by atoms with Crippen molar-refractivity contribution in [2.45, 2.75) is 11.8 Å². The molecule has 0 aliphatic heterocycles. The largest absolute Gasteiger partial charge is 1.00 e. The summed E-state index contributed by atoms with van der Waals surface area (Å²) in [4.78, 5) is 7.57. The molecule has 0 atom stereocenters. The Kier molecular flexibility index (Phi) is 12.6. The SMILES string of the molecule is CCN[C-]=N/C(=N\[CH-]NCCS(=O)(=O)O)Nc1ccc(S(=O)(=O)O)cc1.[K+]. The Morgan fingerprint density at radius 3 is 2.33 bits per heavy atom. The standard InChI is InChI=1S/C13H19N5O6S2.K/c1-2-14-9-16-13(17-10-15-7-8-25(19,20)21)18-11-3-5-12(6-4-11)26(22,23)24;/h3-6,10,15H,2,7-8H2,1H3,(H,19,20,21)(H,22,23,24)(H2,14,16,17,18);/q-2;+1. The number of guanidine groups is 1. The van der Waals surface area contributed by atoms with E-state index in [1.54, 1.807) is 0 Å². The Hall–Kier alpha value is -0.554. The molecular formula is C13H19KN5O6S2-. The van der Waals surface area contributed by atoms with Crippen LogP contribution in [0.25, 0.3) is 0 Å². The monoisotopic (exact) mass is 444 g/mol. The van der Waals surface area contributed by atoms with Gasteiger partial charge >= 0.3 is 51.4 Å². The molecule has 0 spiro atoms. The summed E-state index contributed by atoms with van der Waals surface area (Å²) in [5.41, 5.74) is 0.435. The van der Waals surface area contributed by atoms with Gasteiger partial charge in [0.05, 0.1) is 16.6 Å². The maximum Gasteiger partial charge on any atom is 1.00 e. The molecule has 0 unspecified atom stereocenters. The molecule has 0 heterocycles. The van der Waals surface area contributed by atoms with Crippen molar-refractivity contribution in [1.82, 2.24) is 10.6 Å². The molecule has 0 aromatic heterocycles. The van der Waals surface area contributed by atoms with E-state index in [0.29, 0.717) is 12.2 Å². The van der Waals surface area contributed by atoms with Gasteiger partial charge in [0.15, 0.2) is 0 Å². The minimum Gasteiger partial charge on any atom is -0.459 e. The van der Waals surface area contributed by atoms with Crippen molar-refractivity contribution in [2.75, 3.05) is 24.2 Å². The summed E-state index contributed by atoms with van der Waals surface area (Å²) >= 11 is 0. The van der Waals surface area contributed by atoms with Crippen molar-refractivity contribution in [3.05, 3.63) is 30.9 Å². The number of aliphatic imine (C=N–C) groups is 2. The molecule has 0 radical (unpaired) electrons. The summed E-state index contributed by atoms with van der Waals surface area (Å²) in [5, 5.41) is 8.07. The van der Waals surface area contributed by atoms with Crippen LogP contribution in [-0.4, -0.2) is 57.1 Å². The average Bonchev–Trinajstić information content (AvgIpc) is 2.53. The second-order valence-corrected chi connectivity index (χ2v) is 7.69. The molecule has 1 aromatic carbocycles. The minimum atomic E-state index is -4.29. The molecule has 11 nitrogen and oxygen atoms in total. The van der Waals surface area contributed by atoms with Crippen LogP contribution in [0.15, 0.2) is 39.1 Å². The normalized spacial score (nSPS) is 12.5. The van der Waals surface area contributed by atoms with Crippen LogP contribution in [0.3, 0.4) is 0 Å². The molecule has 0 aliphatic rings. The number of hydrogen-bond acceptors (Lipinski definition) is 6. The molecule has 146 valence electrons. The van der Waals surface area contributed by atoms with E-state index in [1.807, 2.05) is 6.92 Å². The van der Waals surface area contributed by atoms with Gasteiger partial charge in [-0.3, -0.25) is 9.11 Å². The van der Waals surface area contributed by atoms with Crippen molar-refractivity contribution in [1.29, 1.82) is 0 Å². The topological polar surface area (TPSA) is 170 Å². The van der Waals surface area contributed by atoms with Gasteiger partial charge in [0.1, 0.15) is 0 Å². The summed E-state index contributed by atoms with van der Waals surface area (Å²) in [7, 11) is -8.36. The van der Waals surface area contributed by atoms with Crippen LogP contribution >= 0.6 is 0 Å². The zero-order valence-electron chi connectivity index (χ0n) is 14.7. The maximum atomic E-state index is 11.0. The molecule has 0 bridgehead atoms. The molecule has 0 saturated carbocycles. The van der Waals surface area contributed by atoms with Crippen LogP contribution < -0.4 is 67.3 Å². The van der Waals surface area contributed by atoms with Crippen LogP contribution in [0.2, 0.25) is 0 Å². The number of nitrogens with one attached hydrogen (secondary N) is 3. The number of rotatable bonds is 9. The van der Waals surface area contributed by atoms with Gasteiger partial charge in [0.2, 0.25) is 0 Å². The Morgan fingerprint density at radius 1 is 1.19 bits per heavy atom. The van der Waals surface area contributed by atoms with Gasteiger partial charge < -0.3 is 25.9 Å². The van der Waals surface area contributed by atoms with Gasteiger partial charge in [-0.1, -0.05) is 13.0 Å². The summed E-state index contributed by atoms with van der Waals surface area (Å²) < 4.78 is 60.8. The van der Waals surface area contributed by atoms with E-state index in [9.17, 15) is 16.8 Å². The average molecular weight is 445 g/mol. The number of benzene rings is 1. The molecule has 5 N–H and O–H groups in total. The fraction of sp³-hybridized carbons (Fsp3) is 0.308. The zero-order chi connectivity index (χ0) is 19.6. The maximum absolute atomic E-state index is 11.0. The summed E-state index contributed by atoms with van der Waals surface area (Å²) in [5.74, 6) is -0.420. The predicted molar refractivity (Wildman–Crippen MR) is 97.1 cm³/mol. The molecule has 1 aromatic rings. The zero-order valence-corrected chi connectivity index (χ0v) is 19.5. The van der Waals surface area contributed by atoms with E-state index in [2.05, 4.69) is 32.3 Å². The molecule has 0 amide bonds. The fourth-order valence-corrected chi connectivity index (χ4v) is 2.32. The fourth-order valence-electron chi connectivity index (χ4n) is 1.46. The minimum absolute atomic E-state index is 0. The summed E-state index contributed by atoms with van der Waals surface area (Å²) in [6.45, 7) is 3.54. The van der Waals surface area contributed by atoms with Gasteiger partial charge in [-0.2, -0.15) is 16.8 Å². The van der Waals surface area contributed by atoms with E-state index >= 15 is 0 Å². The summed E-state index contributed by atoms with van der Waals surface area (Å²) in [6, 6.07) is 5.18. The Bertz CT molecular complexity index is 840. The molecule has 14 heteroatoms. The van der Waals surface area contributed by atoms with Crippen LogP contribution in [0.4, 0.5) is 5.69 Å². The first-order valence-corrected chi connectivity index (χ1v) is 10.3. The van der Waals surface area contributed by atoms with Crippen LogP contribution in [0.5, 0.6) is 0 Å². The summed E-state index contributed by atoms with van der Waals surface area (Å²) in [6.07, 6.45) is 2.52. The number of hydrogen-bond donors (Lipinski definition) is 5. The quantitative estimate of drug-likeness (QED) is 0.0501. The second kappa shape index (κ2) is 12.8. The number of nitrogens with zero attached hydrogens (tertiary/aromatic N) is 2. The van der Waals surface area contributed by atoms with E-state index in [-0.39, 0.29) is 68.8 Å². The third-order valence-electron chi connectivity index (χ3n) is 2.61. The van der Waals surface area contributed by atoms with Gasteiger partial charge in [0.25, 0.3) is 20.2 Å². The third-order valence-corrected chi connectivity index (χ3v) is 4.20. The van der Waals surface area contributed by atoms with Crippen molar-refractivity contribution in [2.24, 2.45) is 9.98 Å². The van der Waals surface area contributed by atoms with Gasteiger partial charge in [-0.15, -0.1) is 0 Å². The van der Waals surface area contributed by atoms with Crippen molar-refractivity contribution in [3.8, 4) is 0 Å². The molecule has 0 fully saturated rings. The first kappa shape index (κ1) is 26.4.